The Morgan fingerprint density at radius 2 is 1.31 bits per heavy atom. The van der Waals surface area contributed by atoms with Crippen LogP contribution in [0, 0.1) is 0 Å². The number of likely N-dealkylation sites (N-methyl/N-ethyl adjacent to an activating group) is 1. The van der Waals surface area contributed by atoms with Crippen molar-refractivity contribution in [2.45, 2.75) is 64.5 Å². The molecule has 0 unspecified atom stereocenters. The van der Waals surface area contributed by atoms with Gasteiger partial charge in [-0.05, 0) is 72.5 Å². The van der Waals surface area contributed by atoms with Gasteiger partial charge >= 0.3 is 11.9 Å². The number of ether oxygens (including phenoxy) is 7. The van der Waals surface area contributed by atoms with E-state index in [4.69, 9.17) is 33.2 Å². The summed E-state index contributed by atoms with van der Waals surface area (Å²) in [6.45, 7) is 6.98. The minimum absolute atomic E-state index is 0.0953. The fourth-order valence-electron chi connectivity index (χ4n) is 7.30. The average molecular weight is 762 g/mol. The Labute approximate surface area is 327 Å². The second-order valence-corrected chi connectivity index (χ2v) is 14.2. The number of nitrogens with zero attached hydrogens (tertiary/aromatic N) is 2. The molecule has 3 aromatic rings. The normalized spacial score (nSPS) is 16.4. The van der Waals surface area contributed by atoms with Crippen LogP contribution in [0.2, 0.25) is 0 Å². The van der Waals surface area contributed by atoms with Crippen molar-refractivity contribution in [2.24, 2.45) is 0 Å². The van der Waals surface area contributed by atoms with Gasteiger partial charge in [0.05, 0.1) is 68.9 Å². The van der Waals surface area contributed by atoms with Crippen molar-refractivity contribution in [3.05, 3.63) is 89.0 Å². The fraction of sp³-hybridized carbons (Fsp3) is 0.500. The van der Waals surface area contributed by atoms with Gasteiger partial charge in [-0.25, -0.2) is 9.59 Å². The van der Waals surface area contributed by atoms with Crippen molar-refractivity contribution in [2.75, 3.05) is 82.0 Å². The summed E-state index contributed by atoms with van der Waals surface area (Å²) in [7, 11) is 10.5. The quantitative estimate of drug-likeness (QED) is 0.0430. The molecule has 2 atom stereocenters. The van der Waals surface area contributed by atoms with E-state index in [0.717, 1.165) is 92.1 Å². The van der Waals surface area contributed by atoms with Crippen LogP contribution >= 0.6 is 0 Å². The molecule has 1 aliphatic heterocycles. The minimum atomic E-state index is -0.566. The second kappa shape index (κ2) is 22.0. The van der Waals surface area contributed by atoms with E-state index in [0.29, 0.717) is 30.1 Å². The van der Waals surface area contributed by atoms with E-state index < -0.39 is 11.9 Å². The molecule has 0 spiro atoms. The van der Waals surface area contributed by atoms with Crippen molar-refractivity contribution in [1.82, 2.24) is 4.90 Å². The zero-order chi connectivity index (χ0) is 39.6. The molecule has 0 fully saturated rings. The average Bonchev–Trinajstić information content (AvgIpc) is 3.21. The van der Waals surface area contributed by atoms with Gasteiger partial charge < -0.3 is 37.6 Å². The standard InChI is InChI=1S/C44H61N2O9/c1-8-9-10-22-45(32-33-13-16-36(49-3)17-14-33)23-11-26-54-43(47)19-20-44(48)55-27-12-24-46(2)25-21-35-30-41(52-6)42(53-7)31-37(35)38(46)28-34-15-18-39(50-4)40(29-34)51-5/h13-20,29-31,38H,8-12,21-28,32H2,1-7H3/q+1/b20-19-/t38-,46-/m1/s1. The summed E-state index contributed by atoms with van der Waals surface area (Å²) in [5, 5.41) is 0. The summed E-state index contributed by atoms with van der Waals surface area (Å²) in [5.74, 6) is 2.50. The third kappa shape index (κ3) is 12.7. The van der Waals surface area contributed by atoms with E-state index >= 15 is 0 Å². The van der Waals surface area contributed by atoms with Crippen LogP contribution < -0.4 is 23.7 Å². The monoisotopic (exact) mass is 761 g/mol. The van der Waals surface area contributed by atoms with Crippen molar-refractivity contribution in [3.8, 4) is 28.7 Å². The van der Waals surface area contributed by atoms with Gasteiger partial charge in [0.15, 0.2) is 23.0 Å². The molecule has 0 saturated heterocycles. The van der Waals surface area contributed by atoms with Gasteiger partial charge in [0.1, 0.15) is 11.8 Å². The summed E-state index contributed by atoms with van der Waals surface area (Å²) < 4.78 is 39.4. The Morgan fingerprint density at radius 3 is 1.95 bits per heavy atom. The first-order chi connectivity index (χ1) is 26.7. The third-order valence-corrected chi connectivity index (χ3v) is 10.4. The predicted octanol–water partition coefficient (Wildman–Crippen LogP) is 7.13. The number of methoxy groups -OCH3 is 5. The lowest BCUT2D eigenvalue weighted by atomic mass is 9.86. The lowest BCUT2D eigenvalue weighted by Crippen LogP contribution is -2.52. The number of hydrogen-bond acceptors (Lipinski definition) is 10. The van der Waals surface area contributed by atoms with Crippen molar-refractivity contribution in [3.63, 3.8) is 0 Å². The second-order valence-electron chi connectivity index (χ2n) is 14.2. The Kier molecular flexibility index (Phi) is 17.2. The van der Waals surface area contributed by atoms with Crippen LogP contribution in [0.1, 0.15) is 67.3 Å². The first-order valence-electron chi connectivity index (χ1n) is 19.3. The molecule has 11 heteroatoms. The van der Waals surface area contributed by atoms with Crippen LogP contribution in [-0.2, 0) is 38.4 Å². The number of fused-ring (bicyclic) bond motifs is 1. The molecule has 4 rings (SSSR count). The number of carbonyl (C=O) groups excluding carboxylic acids is 2. The van der Waals surface area contributed by atoms with E-state index in [2.05, 4.69) is 49.2 Å². The van der Waals surface area contributed by atoms with Gasteiger partial charge in [-0.3, -0.25) is 4.90 Å². The lowest BCUT2D eigenvalue weighted by molar-refractivity contribution is -0.941. The number of hydrogen-bond donors (Lipinski definition) is 0. The zero-order valence-corrected chi connectivity index (χ0v) is 33.9. The van der Waals surface area contributed by atoms with Crippen LogP contribution in [-0.4, -0.2) is 103 Å². The van der Waals surface area contributed by atoms with E-state index in [1.54, 1.807) is 35.5 Å². The minimum Gasteiger partial charge on any atom is -0.497 e. The molecule has 0 radical (unpaired) electrons. The Balaban J connectivity index is 1.28. The summed E-state index contributed by atoms with van der Waals surface area (Å²) in [6.07, 6.45) is 8.72. The van der Waals surface area contributed by atoms with Crippen molar-refractivity contribution in [1.29, 1.82) is 0 Å². The SMILES string of the molecule is CCCCCN(CCCOC(=O)/C=C\C(=O)OCCC[N@+]1(C)CCc2cc(OC)c(OC)cc2[C@H]1Cc1ccc(OC)c(OC)c1)Cc1ccc(OC)cc1. The maximum absolute atomic E-state index is 12.6. The third-order valence-electron chi connectivity index (χ3n) is 10.4. The maximum Gasteiger partial charge on any atom is 0.331 e. The molecule has 0 aromatic heterocycles. The first kappa shape index (κ1) is 43.0. The van der Waals surface area contributed by atoms with Gasteiger partial charge in [0.2, 0.25) is 0 Å². The zero-order valence-electron chi connectivity index (χ0n) is 33.9. The predicted molar refractivity (Wildman–Crippen MR) is 213 cm³/mol. The number of rotatable bonds is 23. The van der Waals surface area contributed by atoms with E-state index in [1.165, 1.54) is 23.1 Å². The highest BCUT2D eigenvalue weighted by molar-refractivity contribution is 5.91. The molecule has 0 amide bonds. The number of benzene rings is 3. The molecule has 3 aromatic carbocycles. The van der Waals surface area contributed by atoms with Gasteiger partial charge in [-0.2, -0.15) is 0 Å². The van der Waals surface area contributed by atoms with E-state index in [-0.39, 0.29) is 19.3 Å². The molecule has 300 valence electrons. The molecule has 0 N–H and O–H groups in total. The molecule has 1 aliphatic rings. The largest absolute Gasteiger partial charge is 0.497 e. The Morgan fingerprint density at radius 1 is 0.709 bits per heavy atom. The van der Waals surface area contributed by atoms with Crippen LogP contribution in [0.4, 0.5) is 0 Å². The fourth-order valence-corrected chi connectivity index (χ4v) is 7.30. The van der Waals surface area contributed by atoms with Crippen LogP contribution in [0.15, 0.2) is 66.7 Å². The van der Waals surface area contributed by atoms with Crippen LogP contribution in [0.25, 0.3) is 0 Å². The van der Waals surface area contributed by atoms with E-state index in [9.17, 15) is 9.59 Å². The highest BCUT2D eigenvalue weighted by Crippen LogP contribution is 2.43. The maximum atomic E-state index is 12.6. The van der Waals surface area contributed by atoms with E-state index in [1.807, 2.05) is 24.3 Å². The molecule has 0 bridgehead atoms. The molecule has 11 nitrogen and oxygen atoms in total. The summed E-state index contributed by atoms with van der Waals surface area (Å²) in [6, 6.07) is 18.4. The first-order valence-corrected chi connectivity index (χ1v) is 19.3. The Bertz CT molecular complexity index is 1690. The highest BCUT2D eigenvalue weighted by Gasteiger charge is 2.40. The topological polar surface area (TPSA) is 102 Å². The molecular formula is C44H61N2O9+. The lowest BCUT2D eigenvalue weighted by Gasteiger charge is -2.46. The summed E-state index contributed by atoms with van der Waals surface area (Å²) >= 11 is 0. The summed E-state index contributed by atoms with van der Waals surface area (Å²) in [4.78, 5) is 27.4. The molecular weight excluding hydrogens is 700 g/mol. The van der Waals surface area contributed by atoms with Gasteiger partial charge in [0.25, 0.3) is 0 Å². The van der Waals surface area contributed by atoms with Gasteiger partial charge in [0, 0.05) is 50.1 Å². The smallest absolute Gasteiger partial charge is 0.331 e. The molecule has 1 heterocycles. The molecule has 0 aliphatic carbocycles. The Hall–Kier alpha value is -4.74. The number of carbonyl (C=O) groups is 2. The van der Waals surface area contributed by atoms with Crippen LogP contribution in [0.3, 0.4) is 0 Å². The number of esters is 2. The summed E-state index contributed by atoms with van der Waals surface area (Å²) in [5.41, 5.74) is 4.78. The van der Waals surface area contributed by atoms with Crippen molar-refractivity contribution < 1.29 is 47.2 Å². The number of quaternary nitrogens is 1. The van der Waals surface area contributed by atoms with Crippen molar-refractivity contribution >= 4 is 11.9 Å². The van der Waals surface area contributed by atoms with Crippen LogP contribution in [0.5, 0.6) is 28.7 Å². The number of unbranched alkanes of at least 4 members (excludes halogenated alkanes) is 2. The molecule has 55 heavy (non-hydrogen) atoms. The highest BCUT2D eigenvalue weighted by atomic mass is 16.5. The van der Waals surface area contributed by atoms with Gasteiger partial charge in [-0.15, -0.1) is 0 Å². The van der Waals surface area contributed by atoms with Gasteiger partial charge in [-0.1, -0.05) is 38.0 Å². The molecule has 0 saturated carbocycles.